The number of hydrogen-bond acceptors (Lipinski definition) is 8. The van der Waals surface area contributed by atoms with Crippen molar-refractivity contribution in [3.05, 3.63) is 64.1 Å². The molecule has 0 bridgehead atoms. The van der Waals surface area contributed by atoms with Gasteiger partial charge in [0.1, 0.15) is 40.2 Å². The minimum Gasteiger partial charge on any atom is -0.497 e. The number of hydrogen-bond donors (Lipinski definition) is 1. The molecule has 9 heteroatoms. The van der Waals surface area contributed by atoms with Crippen molar-refractivity contribution in [2.24, 2.45) is 10.2 Å². The Hall–Kier alpha value is -4.58. The maximum atomic E-state index is 12.7. The summed E-state index contributed by atoms with van der Waals surface area (Å²) >= 11 is 0. The number of nitriles is 1. The fraction of sp³-hybridized carbons (Fsp3) is 0.167. The maximum Gasteiger partial charge on any atom is 0.266 e. The fourth-order valence-corrected chi connectivity index (χ4v) is 3.58. The SMILES string of the molecule is COc1ccc(N=Nc2c(-c3c(OC)cc4occc4c3OC)[nH]c(=O)c(C#N)c2C)cc1. The number of furan rings is 1. The highest BCUT2D eigenvalue weighted by atomic mass is 16.5. The summed E-state index contributed by atoms with van der Waals surface area (Å²) in [4.78, 5) is 15.5. The lowest BCUT2D eigenvalue weighted by Crippen LogP contribution is -2.14. The van der Waals surface area contributed by atoms with Crippen molar-refractivity contribution in [3.63, 3.8) is 0 Å². The highest BCUT2D eigenvalue weighted by Crippen LogP contribution is 2.47. The van der Waals surface area contributed by atoms with Crippen molar-refractivity contribution in [1.82, 2.24) is 4.98 Å². The zero-order chi connectivity index (χ0) is 23.5. The second kappa shape index (κ2) is 8.88. The van der Waals surface area contributed by atoms with Gasteiger partial charge in [0.15, 0.2) is 0 Å². The first kappa shape index (κ1) is 21.6. The molecule has 2 aromatic carbocycles. The van der Waals surface area contributed by atoms with E-state index >= 15 is 0 Å². The number of pyridine rings is 1. The van der Waals surface area contributed by atoms with Crippen LogP contribution in [0.25, 0.3) is 22.2 Å². The van der Waals surface area contributed by atoms with Gasteiger partial charge < -0.3 is 23.6 Å². The number of azo groups is 1. The van der Waals surface area contributed by atoms with Crippen LogP contribution < -0.4 is 19.8 Å². The smallest absolute Gasteiger partial charge is 0.266 e. The molecule has 166 valence electrons. The molecule has 0 unspecified atom stereocenters. The number of nitrogens with one attached hydrogen (secondary N) is 1. The van der Waals surface area contributed by atoms with Crippen molar-refractivity contribution < 1.29 is 18.6 Å². The summed E-state index contributed by atoms with van der Waals surface area (Å²) in [6.07, 6.45) is 1.54. The van der Waals surface area contributed by atoms with Crippen LogP contribution in [0.5, 0.6) is 17.2 Å². The molecule has 2 aromatic heterocycles. The first-order valence-electron chi connectivity index (χ1n) is 9.87. The molecule has 0 saturated heterocycles. The molecule has 4 aromatic rings. The van der Waals surface area contributed by atoms with Crippen LogP contribution in [0.4, 0.5) is 11.4 Å². The van der Waals surface area contributed by atoms with Gasteiger partial charge in [-0.15, -0.1) is 5.11 Å². The molecule has 0 aliphatic heterocycles. The third-order valence-corrected chi connectivity index (χ3v) is 5.23. The number of fused-ring (bicyclic) bond motifs is 1. The van der Waals surface area contributed by atoms with Crippen LogP contribution in [-0.4, -0.2) is 26.3 Å². The number of nitrogens with zero attached hydrogens (tertiary/aromatic N) is 3. The number of methoxy groups -OCH3 is 3. The van der Waals surface area contributed by atoms with Crippen molar-refractivity contribution in [1.29, 1.82) is 5.26 Å². The Morgan fingerprint density at radius 1 is 1.03 bits per heavy atom. The minimum atomic E-state index is -0.551. The van der Waals surface area contributed by atoms with Crippen LogP contribution in [0.15, 0.2) is 62.1 Å². The molecule has 0 atom stereocenters. The zero-order valence-electron chi connectivity index (χ0n) is 18.4. The molecule has 0 amide bonds. The average molecular weight is 444 g/mol. The van der Waals surface area contributed by atoms with Gasteiger partial charge >= 0.3 is 0 Å². The number of rotatable bonds is 6. The Morgan fingerprint density at radius 3 is 2.42 bits per heavy atom. The Bertz CT molecular complexity index is 1460. The zero-order valence-corrected chi connectivity index (χ0v) is 18.4. The molecule has 0 aliphatic carbocycles. The summed E-state index contributed by atoms with van der Waals surface area (Å²) < 4.78 is 21.9. The number of H-pyrrole nitrogens is 1. The van der Waals surface area contributed by atoms with Gasteiger partial charge in [0, 0.05) is 11.6 Å². The summed E-state index contributed by atoms with van der Waals surface area (Å²) in [7, 11) is 4.59. The highest BCUT2D eigenvalue weighted by Gasteiger charge is 2.24. The van der Waals surface area contributed by atoms with E-state index in [1.54, 1.807) is 50.4 Å². The Labute approximate surface area is 188 Å². The molecule has 0 saturated carbocycles. The van der Waals surface area contributed by atoms with E-state index < -0.39 is 5.56 Å². The first-order chi connectivity index (χ1) is 16.0. The molecular weight excluding hydrogens is 424 g/mol. The van der Waals surface area contributed by atoms with Gasteiger partial charge in [-0.1, -0.05) is 0 Å². The quantitative estimate of drug-likeness (QED) is 0.397. The van der Waals surface area contributed by atoms with E-state index in [2.05, 4.69) is 15.2 Å². The van der Waals surface area contributed by atoms with Gasteiger partial charge in [-0.05, 0) is 37.3 Å². The van der Waals surface area contributed by atoms with Crippen LogP contribution in [0.2, 0.25) is 0 Å². The van der Waals surface area contributed by atoms with Gasteiger partial charge in [0.25, 0.3) is 5.56 Å². The van der Waals surface area contributed by atoms with Crippen molar-refractivity contribution in [3.8, 4) is 34.6 Å². The highest BCUT2D eigenvalue weighted by molar-refractivity contribution is 5.97. The second-order valence-electron chi connectivity index (χ2n) is 7.01. The first-order valence-corrected chi connectivity index (χ1v) is 9.87. The normalized spacial score (nSPS) is 11.0. The van der Waals surface area contributed by atoms with Gasteiger partial charge in [-0.3, -0.25) is 4.79 Å². The van der Waals surface area contributed by atoms with E-state index in [1.165, 1.54) is 20.5 Å². The summed E-state index contributed by atoms with van der Waals surface area (Å²) in [6, 6.07) is 12.4. The van der Waals surface area contributed by atoms with E-state index in [0.29, 0.717) is 56.4 Å². The van der Waals surface area contributed by atoms with Crippen LogP contribution in [0, 0.1) is 18.3 Å². The molecule has 0 spiro atoms. The van der Waals surface area contributed by atoms with Crippen LogP contribution in [-0.2, 0) is 0 Å². The van der Waals surface area contributed by atoms with Gasteiger partial charge in [-0.25, -0.2) is 0 Å². The average Bonchev–Trinajstić information content (AvgIpc) is 3.31. The lowest BCUT2D eigenvalue weighted by Gasteiger charge is -2.16. The summed E-state index contributed by atoms with van der Waals surface area (Å²) in [5.41, 5.74) is 1.98. The van der Waals surface area contributed by atoms with Crippen LogP contribution >= 0.6 is 0 Å². The molecule has 1 N–H and O–H groups in total. The second-order valence-corrected chi connectivity index (χ2v) is 7.01. The van der Waals surface area contributed by atoms with E-state index in [4.69, 9.17) is 18.6 Å². The lowest BCUT2D eigenvalue weighted by atomic mass is 10.0. The van der Waals surface area contributed by atoms with E-state index in [1.807, 2.05) is 6.07 Å². The minimum absolute atomic E-state index is 0.0512. The predicted octanol–water partition coefficient (Wildman–Crippen LogP) is 5.41. The van der Waals surface area contributed by atoms with E-state index in [9.17, 15) is 10.1 Å². The van der Waals surface area contributed by atoms with E-state index in [-0.39, 0.29) is 5.56 Å². The monoisotopic (exact) mass is 444 g/mol. The Kier molecular flexibility index (Phi) is 5.83. The summed E-state index contributed by atoms with van der Waals surface area (Å²) in [6.45, 7) is 1.65. The Morgan fingerprint density at radius 2 is 1.79 bits per heavy atom. The largest absolute Gasteiger partial charge is 0.497 e. The fourth-order valence-electron chi connectivity index (χ4n) is 3.58. The molecule has 0 fully saturated rings. The molecular formula is C24H20N4O5. The Balaban J connectivity index is 2.01. The van der Waals surface area contributed by atoms with Crippen molar-refractivity contribution in [2.45, 2.75) is 6.92 Å². The number of benzene rings is 2. The van der Waals surface area contributed by atoms with Gasteiger partial charge in [0.05, 0.1) is 49.9 Å². The van der Waals surface area contributed by atoms with Gasteiger partial charge in [0.2, 0.25) is 0 Å². The molecule has 9 nitrogen and oxygen atoms in total. The third kappa shape index (κ3) is 3.78. The van der Waals surface area contributed by atoms with Crippen LogP contribution in [0.3, 0.4) is 0 Å². The summed E-state index contributed by atoms with van der Waals surface area (Å²) in [5.74, 6) is 1.51. The molecule has 0 radical (unpaired) electrons. The molecule has 33 heavy (non-hydrogen) atoms. The molecule has 2 heterocycles. The standard InChI is InChI=1S/C24H20N4O5/c1-13-17(12-25)24(29)26-22(21(13)28-27-14-5-7-15(30-2)8-6-14)20-19(31-3)11-18-16(9-10-33-18)23(20)32-4/h5-11H,1-4H3,(H,26,29). The molecule has 4 rings (SSSR count). The summed E-state index contributed by atoms with van der Waals surface area (Å²) in [5, 5.41) is 18.9. The molecule has 0 aliphatic rings. The number of ether oxygens (including phenoxy) is 3. The van der Waals surface area contributed by atoms with Crippen molar-refractivity contribution >= 4 is 22.3 Å². The number of aromatic nitrogens is 1. The van der Waals surface area contributed by atoms with Crippen molar-refractivity contribution in [2.75, 3.05) is 21.3 Å². The third-order valence-electron chi connectivity index (χ3n) is 5.23. The number of aromatic amines is 1. The topological polar surface area (TPSA) is 122 Å². The van der Waals surface area contributed by atoms with Crippen LogP contribution in [0.1, 0.15) is 11.1 Å². The van der Waals surface area contributed by atoms with Gasteiger partial charge in [-0.2, -0.15) is 10.4 Å². The maximum absolute atomic E-state index is 12.7. The predicted molar refractivity (Wildman–Crippen MR) is 122 cm³/mol. The van der Waals surface area contributed by atoms with E-state index in [0.717, 1.165) is 0 Å². The lowest BCUT2D eigenvalue weighted by molar-refractivity contribution is 0.399.